The molecule has 1 amide bonds. The van der Waals surface area contributed by atoms with E-state index in [0.29, 0.717) is 18.5 Å². The highest BCUT2D eigenvalue weighted by Crippen LogP contribution is 2.29. The second-order valence-corrected chi connectivity index (χ2v) is 7.05. The number of methoxy groups -OCH3 is 1. The number of amides is 1. The Balaban J connectivity index is 1.57. The molecule has 0 atom stereocenters. The molecule has 1 aromatic rings. The maximum absolute atomic E-state index is 12.6. The number of carbonyl (C=O) groups excluding carboxylic acids is 1. The van der Waals surface area contributed by atoms with Crippen molar-refractivity contribution in [2.75, 3.05) is 26.7 Å². The lowest BCUT2D eigenvalue weighted by Crippen LogP contribution is -2.44. The minimum absolute atomic E-state index is 0.303. The Morgan fingerprint density at radius 3 is 2.39 bits per heavy atom. The average Bonchev–Trinajstić information content (AvgIpc) is 3.40. The van der Waals surface area contributed by atoms with E-state index in [1.165, 1.54) is 18.4 Å². The molecule has 23 heavy (non-hydrogen) atoms. The molecule has 2 fully saturated rings. The molecule has 4 heteroatoms. The zero-order chi connectivity index (χ0) is 16.2. The molecule has 1 heterocycles. The van der Waals surface area contributed by atoms with Crippen LogP contribution in [0.4, 0.5) is 0 Å². The molecule has 2 aliphatic rings. The maximum Gasteiger partial charge on any atom is 0.236 e. The molecule has 1 saturated carbocycles. The van der Waals surface area contributed by atoms with Crippen molar-refractivity contribution in [2.24, 2.45) is 5.92 Å². The van der Waals surface area contributed by atoms with Crippen LogP contribution in [0.15, 0.2) is 24.3 Å². The smallest absolute Gasteiger partial charge is 0.236 e. The lowest BCUT2D eigenvalue weighted by Gasteiger charge is -2.32. The van der Waals surface area contributed by atoms with E-state index in [1.807, 2.05) is 12.1 Å². The van der Waals surface area contributed by atoms with E-state index in [9.17, 15) is 4.79 Å². The molecule has 126 valence electrons. The number of piperidine rings is 1. The molecule has 0 spiro atoms. The van der Waals surface area contributed by atoms with Crippen LogP contribution in [0, 0.1) is 5.92 Å². The predicted molar refractivity (Wildman–Crippen MR) is 91.4 cm³/mol. The first-order valence-electron chi connectivity index (χ1n) is 8.80. The fourth-order valence-electron chi connectivity index (χ4n) is 3.25. The van der Waals surface area contributed by atoms with E-state index < -0.39 is 0 Å². The molecule has 0 N–H and O–H groups in total. The van der Waals surface area contributed by atoms with E-state index in [-0.39, 0.29) is 0 Å². The van der Waals surface area contributed by atoms with Gasteiger partial charge in [-0.15, -0.1) is 0 Å². The number of hydrogen-bond donors (Lipinski definition) is 0. The molecular formula is C19H28N2O2. The van der Waals surface area contributed by atoms with Crippen molar-refractivity contribution in [1.29, 1.82) is 0 Å². The van der Waals surface area contributed by atoms with Crippen molar-refractivity contribution in [1.82, 2.24) is 9.80 Å². The van der Waals surface area contributed by atoms with Crippen LogP contribution >= 0.6 is 0 Å². The number of benzene rings is 1. The largest absolute Gasteiger partial charge is 0.497 e. The van der Waals surface area contributed by atoms with Gasteiger partial charge in [-0.1, -0.05) is 19.1 Å². The minimum atomic E-state index is 0.303. The van der Waals surface area contributed by atoms with Gasteiger partial charge in [-0.2, -0.15) is 0 Å². The van der Waals surface area contributed by atoms with Crippen molar-refractivity contribution in [2.45, 2.75) is 45.2 Å². The Morgan fingerprint density at radius 2 is 1.83 bits per heavy atom. The number of ether oxygens (including phenoxy) is 1. The lowest BCUT2D eigenvalue weighted by atomic mass is 9.99. The molecular weight excluding hydrogens is 288 g/mol. The Bertz CT molecular complexity index is 517. The fourth-order valence-corrected chi connectivity index (χ4v) is 3.25. The number of rotatable bonds is 6. The molecule has 4 nitrogen and oxygen atoms in total. The first-order chi connectivity index (χ1) is 11.2. The summed E-state index contributed by atoms with van der Waals surface area (Å²) in [7, 11) is 1.68. The van der Waals surface area contributed by atoms with Gasteiger partial charge in [0.05, 0.1) is 13.7 Å². The molecule has 0 aromatic heterocycles. The summed E-state index contributed by atoms with van der Waals surface area (Å²) in [4.78, 5) is 17.0. The van der Waals surface area contributed by atoms with Gasteiger partial charge < -0.3 is 9.64 Å². The number of carbonyl (C=O) groups is 1. The first kappa shape index (κ1) is 16.3. The summed E-state index contributed by atoms with van der Waals surface area (Å²) in [6.07, 6.45) is 4.74. The zero-order valence-electron chi connectivity index (χ0n) is 14.3. The second kappa shape index (κ2) is 7.35. The van der Waals surface area contributed by atoms with E-state index in [1.54, 1.807) is 7.11 Å². The van der Waals surface area contributed by atoms with Crippen LogP contribution in [-0.2, 0) is 11.3 Å². The maximum atomic E-state index is 12.6. The highest BCUT2D eigenvalue weighted by molar-refractivity contribution is 5.78. The van der Waals surface area contributed by atoms with Gasteiger partial charge >= 0.3 is 0 Å². The van der Waals surface area contributed by atoms with Gasteiger partial charge in [0.25, 0.3) is 0 Å². The highest BCUT2D eigenvalue weighted by Gasteiger charge is 2.32. The standard InChI is InChI=1S/C19H28N2O2/c1-15-9-11-20(12-10-15)19(22)14-21(17-5-6-17)13-16-3-7-18(23-2)8-4-16/h3-4,7-8,15,17H,5-6,9-14H2,1-2H3. The summed E-state index contributed by atoms with van der Waals surface area (Å²) in [6, 6.07) is 8.77. The Morgan fingerprint density at radius 1 is 1.17 bits per heavy atom. The Labute approximate surface area is 139 Å². The first-order valence-corrected chi connectivity index (χ1v) is 8.80. The molecule has 1 saturated heterocycles. The Kier molecular flexibility index (Phi) is 5.21. The van der Waals surface area contributed by atoms with Gasteiger partial charge in [-0.05, 0) is 49.3 Å². The van der Waals surface area contributed by atoms with E-state index in [2.05, 4.69) is 28.9 Å². The normalized spacial score (nSPS) is 19.2. The van der Waals surface area contributed by atoms with Crippen molar-refractivity contribution >= 4 is 5.91 Å². The van der Waals surface area contributed by atoms with Gasteiger partial charge in [0.1, 0.15) is 5.75 Å². The Hall–Kier alpha value is -1.55. The molecule has 0 bridgehead atoms. The second-order valence-electron chi connectivity index (χ2n) is 7.05. The van der Waals surface area contributed by atoms with E-state index in [4.69, 9.17) is 4.74 Å². The van der Waals surface area contributed by atoms with Crippen molar-refractivity contribution in [3.8, 4) is 5.75 Å². The van der Waals surface area contributed by atoms with E-state index in [0.717, 1.165) is 44.1 Å². The summed E-state index contributed by atoms with van der Waals surface area (Å²) in [5.41, 5.74) is 1.25. The molecule has 0 radical (unpaired) electrons. The summed E-state index contributed by atoms with van der Waals surface area (Å²) in [5, 5.41) is 0. The monoisotopic (exact) mass is 316 g/mol. The molecule has 1 aliphatic heterocycles. The third-order valence-corrected chi connectivity index (χ3v) is 5.08. The summed E-state index contributed by atoms with van der Waals surface area (Å²) in [5.74, 6) is 1.94. The van der Waals surface area contributed by atoms with Crippen LogP contribution in [0.25, 0.3) is 0 Å². The molecule has 1 aromatic carbocycles. The molecule has 3 rings (SSSR count). The van der Waals surface area contributed by atoms with Crippen LogP contribution in [0.3, 0.4) is 0 Å². The van der Waals surface area contributed by atoms with E-state index >= 15 is 0 Å². The number of likely N-dealkylation sites (tertiary alicyclic amines) is 1. The summed E-state index contributed by atoms with van der Waals surface area (Å²) in [6.45, 7) is 5.56. The third-order valence-electron chi connectivity index (χ3n) is 5.08. The van der Waals surface area contributed by atoms with Crippen LogP contribution in [0.5, 0.6) is 5.75 Å². The summed E-state index contributed by atoms with van der Waals surface area (Å²) >= 11 is 0. The van der Waals surface area contributed by atoms with Gasteiger partial charge in [0.15, 0.2) is 0 Å². The average molecular weight is 316 g/mol. The SMILES string of the molecule is COc1ccc(CN(CC(=O)N2CCC(C)CC2)C2CC2)cc1. The summed E-state index contributed by atoms with van der Waals surface area (Å²) < 4.78 is 5.21. The predicted octanol–water partition coefficient (Wildman–Crippen LogP) is 2.92. The number of nitrogens with zero attached hydrogens (tertiary/aromatic N) is 2. The van der Waals surface area contributed by atoms with Crippen LogP contribution in [-0.4, -0.2) is 48.5 Å². The van der Waals surface area contributed by atoms with Crippen LogP contribution < -0.4 is 4.74 Å². The lowest BCUT2D eigenvalue weighted by molar-refractivity contribution is -0.134. The fraction of sp³-hybridized carbons (Fsp3) is 0.632. The van der Waals surface area contributed by atoms with Crippen LogP contribution in [0.1, 0.15) is 38.2 Å². The van der Waals surface area contributed by atoms with Gasteiger partial charge in [-0.25, -0.2) is 0 Å². The van der Waals surface area contributed by atoms with Crippen molar-refractivity contribution in [3.05, 3.63) is 29.8 Å². The topological polar surface area (TPSA) is 32.8 Å². The van der Waals surface area contributed by atoms with Crippen molar-refractivity contribution < 1.29 is 9.53 Å². The van der Waals surface area contributed by atoms with Gasteiger partial charge in [0, 0.05) is 25.7 Å². The minimum Gasteiger partial charge on any atom is -0.497 e. The van der Waals surface area contributed by atoms with Gasteiger partial charge in [0.2, 0.25) is 5.91 Å². The van der Waals surface area contributed by atoms with Crippen LogP contribution in [0.2, 0.25) is 0 Å². The molecule has 1 aliphatic carbocycles. The van der Waals surface area contributed by atoms with Crippen molar-refractivity contribution in [3.63, 3.8) is 0 Å². The number of hydrogen-bond acceptors (Lipinski definition) is 3. The third kappa shape index (κ3) is 4.47. The molecule has 0 unspecified atom stereocenters. The highest BCUT2D eigenvalue weighted by atomic mass is 16.5. The van der Waals surface area contributed by atoms with Gasteiger partial charge in [-0.3, -0.25) is 9.69 Å². The quantitative estimate of drug-likeness (QED) is 0.809. The zero-order valence-corrected chi connectivity index (χ0v) is 14.3.